The molecule has 0 saturated heterocycles. The predicted molar refractivity (Wildman–Crippen MR) is 245 cm³/mol. The van der Waals surface area contributed by atoms with E-state index >= 15 is 0 Å². The van der Waals surface area contributed by atoms with Gasteiger partial charge in [0.15, 0.2) is 0 Å². The van der Waals surface area contributed by atoms with Crippen molar-refractivity contribution in [2.75, 3.05) is 0 Å². The molecule has 0 bridgehead atoms. The Hall–Kier alpha value is -1.87. The molecule has 0 fully saturated rings. The molecule has 5 rings (SSSR count). The van der Waals surface area contributed by atoms with Gasteiger partial charge in [-0.1, -0.05) is 172 Å². The van der Waals surface area contributed by atoms with Crippen molar-refractivity contribution in [1.29, 1.82) is 0 Å². The van der Waals surface area contributed by atoms with Crippen LogP contribution in [0.5, 0.6) is 0 Å². The van der Waals surface area contributed by atoms with E-state index in [1.54, 1.807) is 0 Å². The maximum Gasteiger partial charge on any atom is 0.146 e. The summed E-state index contributed by atoms with van der Waals surface area (Å²) in [5.74, 6) is 8.10. The van der Waals surface area contributed by atoms with Gasteiger partial charge in [0, 0.05) is 30.7 Å². The van der Waals surface area contributed by atoms with Crippen LogP contribution in [0.2, 0.25) is 33.2 Å². The van der Waals surface area contributed by atoms with Crippen molar-refractivity contribution < 1.29 is 0 Å². The molecule has 2 aliphatic rings. The third-order valence-electron chi connectivity index (χ3n) is 12.5. The molecule has 53 heavy (non-hydrogen) atoms. The molecule has 5 heteroatoms. The second kappa shape index (κ2) is 15.2. The molecule has 3 heterocycles. The number of hydrogen-bond acceptors (Lipinski definition) is 3. The summed E-state index contributed by atoms with van der Waals surface area (Å²) in [6, 6.07) is 14.4. The van der Waals surface area contributed by atoms with Crippen LogP contribution in [0, 0.1) is 22.9 Å². The van der Waals surface area contributed by atoms with Gasteiger partial charge in [-0.3, -0.25) is 0 Å². The normalized spacial score (nSPS) is 14.7. The zero-order valence-electron chi connectivity index (χ0n) is 36.2. The highest BCUT2D eigenvalue weighted by atomic mass is 32.2. The number of thiophene rings is 1. The van der Waals surface area contributed by atoms with E-state index in [0.29, 0.717) is 33.2 Å². The second-order valence-electron chi connectivity index (χ2n) is 19.6. The summed E-state index contributed by atoms with van der Waals surface area (Å²) in [6.07, 6.45) is 0. The van der Waals surface area contributed by atoms with Gasteiger partial charge in [-0.05, 0) is 79.5 Å². The standard InChI is InChI=1S/C48H66S3Si2/c1-29(2)52(30(3)4,31(5)6)25-23-37-39-27-35(47(13,14)15)19-21-41(39)49-45-43(37)51-44-38(24-26-53(32(7)8,33(9)10)34(11)12)40-28-36(48(16,17)18)20-22-42(40)50-46(44)45/h19-22,27-34H,1-18H3. The lowest BCUT2D eigenvalue weighted by Crippen LogP contribution is -2.43. The van der Waals surface area contributed by atoms with Crippen LogP contribution in [0.1, 0.15) is 147 Å². The largest absolute Gasteiger partial charge is 0.146 e. The molecule has 2 aromatic carbocycles. The Kier molecular flexibility index (Phi) is 12.2. The minimum absolute atomic E-state index is 0.0535. The average Bonchev–Trinajstić information content (AvgIpc) is 3.39. The van der Waals surface area contributed by atoms with Gasteiger partial charge in [-0.2, -0.15) is 0 Å². The fourth-order valence-electron chi connectivity index (χ4n) is 9.40. The Morgan fingerprint density at radius 1 is 0.472 bits per heavy atom. The molecule has 0 aliphatic carbocycles. The predicted octanol–water partition coefficient (Wildman–Crippen LogP) is 14.1. The zero-order valence-corrected chi connectivity index (χ0v) is 40.6. The van der Waals surface area contributed by atoms with Gasteiger partial charge in [0.05, 0.1) is 20.2 Å². The van der Waals surface area contributed by atoms with Gasteiger partial charge < -0.3 is 0 Å². The Morgan fingerprint density at radius 2 is 0.774 bits per heavy atom. The molecule has 0 radical (unpaired) electrons. The summed E-state index contributed by atoms with van der Waals surface area (Å²) in [5.41, 5.74) is 19.8. The third-order valence-corrected chi connectivity index (χ3v) is 29.0. The minimum Gasteiger partial charge on any atom is -0.131 e. The summed E-state index contributed by atoms with van der Waals surface area (Å²) in [5, 5.41) is 0. The van der Waals surface area contributed by atoms with Crippen molar-refractivity contribution >= 4 is 62.2 Å². The van der Waals surface area contributed by atoms with Crippen molar-refractivity contribution in [3.63, 3.8) is 0 Å². The molecule has 0 unspecified atom stereocenters. The average molecular weight is 795 g/mol. The van der Waals surface area contributed by atoms with Gasteiger partial charge in [0.25, 0.3) is 0 Å². The molecule has 284 valence electrons. The first kappa shape index (κ1) is 42.3. The lowest BCUT2D eigenvalue weighted by Gasteiger charge is -2.38. The van der Waals surface area contributed by atoms with Crippen molar-refractivity contribution in [2.24, 2.45) is 0 Å². The van der Waals surface area contributed by atoms with E-state index in [2.05, 4.69) is 184 Å². The maximum absolute atomic E-state index is 4.17. The fourth-order valence-corrected chi connectivity index (χ4v) is 23.8. The van der Waals surface area contributed by atoms with Crippen LogP contribution in [0.4, 0.5) is 0 Å². The highest BCUT2D eigenvalue weighted by molar-refractivity contribution is 8.02. The molecule has 2 aliphatic heterocycles. The van der Waals surface area contributed by atoms with Crippen molar-refractivity contribution in [3.05, 3.63) is 67.7 Å². The highest BCUT2D eigenvalue weighted by Crippen LogP contribution is 2.48. The van der Waals surface area contributed by atoms with E-state index in [1.165, 1.54) is 62.0 Å². The smallest absolute Gasteiger partial charge is 0.131 e. The van der Waals surface area contributed by atoms with E-state index in [9.17, 15) is 0 Å². The summed E-state index contributed by atoms with van der Waals surface area (Å²) < 4.78 is 2.70. The van der Waals surface area contributed by atoms with Crippen LogP contribution in [0.3, 0.4) is 0 Å². The van der Waals surface area contributed by atoms with Crippen LogP contribution >= 0.6 is 34.9 Å². The molecule has 3 aromatic rings. The maximum atomic E-state index is 4.17. The number of fused-ring (bicyclic) bond motifs is 5. The first-order chi connectivity index (χ1) is 24.5. The van der Waals surface area contributed by atoms with E-state index in [1.807, 2.05) is 34.9 Å². The SMILES string of the molecule is CC(C)[Si](C#CC1=c2sc3c(c2Sc2ccc(C(C)(C)C)cc21)Sc1ccc(C(C)(C)C)cc1C=3C#C[Si](C(C)C)(C(C)C)C(C)C)(C(C)C)C(C)C. The Balaban J connectivity index is 1.98. The molecule has 0 spiro atoms. The second-order valence-corrected chi connectivity index (χ2v) is 33.9. The Labute approximate surface area is 338 Å². The van der Waals surface area contributed by atoms with Crippen molar-refractivity contribution in [1.82, 2.24) is 0 Å². The molecule has 0 atom stereocenters. The Morgan fingerprint density at radius 3 is 1.04 bits per heavy atom. The molecule has 0 amide bonds. The first-order valence-electron chi connectivity index (χ1n) is 20.1. The van der Waals surface area contributed by atoms with Crippen molar-refractivity contribution in [2.45, 2.75) is 188 Å². The monoisotopic (exact) mass is 794 g/mol. The van der Waals surface area contributed by atoms with Gasteiger partial charge in [0.2, 0.25) is 0 Å². The molecular weight excluding hydrogens is 729 g/mol. The van der Waals surface area contributed by atoms with Crippen LogP contribution in [0.15, 0.2) is 56.0 Å². The van der Waals surface area contributed by atoms with Crippen LogP contribution in [-0.2, 0) is 10.8 Å². The summed E-state index contributed by atoms with van der Waals surface area (Å²) in [6.45, 7) is 43.1. The summed E-state index contributed by atoms with van der Waals surface area (Å²) in [7, 11) is -3.97. The summed E-state index contributed by atoms with van der Waals surface area (Å²) in [4.78, 5) is 5.42. The highest BCUT2D eigenvalue weighted by Gasteiger charge is 2.43. The van der Waals surface area contributed by atoms with Crippen molar-refractivity contribution in [3.8, 4) is 22.9 Å². The fraction of sp³-hybridized carbons (Fsp3) is 0.542. The lowest BCUT2D eigenvalue weighted by molar-refractivity contribution is 0.589. The lowest BCUT2D eigenvalue weighted by atomic mass is 9.85. The van der Waals surface area contributed by atoms with Crippen LogP contribution < -0.4 is 9.06 Å². The number of hydrogen-bond donors (Lipinski definition) is 0. The van der Waals surface area contributed by atoms with Gasteiger partial charge in [-0.25, -0.2) is 0 Å². The third kappa shape index (κ3) is 7.54. The quantitative estimate of drug-likeness (QED) is 0.180. The van der Waals surface area contributed by atoms with E-state index in [-0.39, 0.29) is 10.8 Å². The minimum atomic E-state index is -1.98. The molecule has 0 saturated carbocycles. The van der Waals surface area contributed by atoms with Crippen LogP contribution in [0.25, 0.3) is 11.1 Å². The van der Waals surface area contributed by atoms with E-state index < -0.39 is 16.1 Å². The van der Waals surface area contributed by atoms with Gasteiger partial charge in [-0.15, -0.1) is 22.4 Å². The van der Waals surface area contributed by atoms with Gasteiger partial charge >= 0.3 is 0 Å². The van der Waals surface area contributed by atoms with E-state index in [0.717, 1.165) is 0 Å². The van der Waals surface area contributed by atoms with Crippen LogP contribution in [-0.4, -0.2) is 16.1 Å². The molecule has 1 aromatic heterocycles. The molecule has 0 N–H and O–H groups in total. The molecular formula is C48H66S3Si2. The zero-order chi connectivity index (χ0) is 39.6. The Bertz CT molecular complexity index is 1940. The van der Waals surface area contributed by atoms with E-state index in [4.69, 9.17) is 0 Å². The van der Waals surface area contributed by atoms with Gasteiger partial charge in [0.1, 0.15) is 16.1 Å². The molecule has 0 nitrogen and oxygen atoms in total. The number of rotatable bonds is 6. The number of benzene rings is 2. The summed E-state index contributed by atoms with van der Waals surface area (Å²) >= 11 is 5.89. The topological polar surface area (TPSA) is 0 Å². The first-order valence-corrected chi connectivity index (χ1v) is 27.0.